The maximum absolute atomic E-state index is 12.7. The van der Waals surface area contributed by atoms with E-state index in [2.05, 4.69) is 4.90 Å². The van der Waals surface area contributed by atoms with Gasteiger partial charge in [0.25, 0.3) is 0 Å². The summed E-state index contributed by atoms with van der Waals surface area (Å²) in [4.78, 5) is 2.31. The maximum atomic E-state index is 12.7. The monoisotopic (exact) mass is 443 g/mol. The molecule has 0 amide bonds. The van der Waals surface area contributed by atoms with Gasteiger partial charge in [-0.25, -0.2) is 0 Å². The largest absolute Gasteiger partial charge is 0.330 e. The molecule has 7 heteroatoms. The summed E-state index contributed by atoms with van der Waals surface area (Å²) in [5.41, 5.74) is 2.35. The summed E-state index contributed by atoms with van der Waals surface area (Å²) in [5, 5.41) is 1.45. The van der Waals surface area contributed by atoms with Crippen LogP contribution in [0.3, 0.4) is 0 Å². The van der Waals surface area contributed by atoms with Gasteiger partial charge in [-0.2, -0.15) is 0 Å². The van der Waals surface area contributed by atoms with E-state index in [0.717, 1.165) is 36.1 Å². The molecule has 4 nitrogen and oxygen atoms in total. The molecule has 0 aliphatic rings. The van der Waals surface area contributed by atoms with E-state index in [4.69, 9.17) is 32.2 Å². The number of hydrogen-bond donors (Lipinski definition) is 0. The predicted octanol–water partition coefficient (Wildman–Crippen LogP) is 6.65. The first kappa shape index (κ1) is 23.4. The van der Waals surface area contributed by atoms with Crippen molar-refractivity contribution in [2.45, 2.75) is 33.4 Å². The fourth-order valence-corrected chi connectivity index (χ4v) is 4.86. The van der Waals surface area contributed by atoms with Crippen LogP contribution in [0, 0.1) is 0 Å². The minimum atomic E-state index is -3.02. The minimum absolute atomic E-state index is 0.385. The average Bonchev–Trinajstić information content (AvgIpc) is 2.66. The van der Waals surface area contributed by atoms with Gasteiger partial charge in [0.05, 0.1) is 19.4 Å². The molecule has 0 N–H and O–H groups in total. The van der Waals surface area contributed by atoms with Gasteiger partial charge in [0.15, 0.2) is 0 Å². The van der Waals surface area contributed by atoms with Gasteiger partial charge in [-0.05, 0) is 62.2 Å². The molecule has 0 aromatic heterocycles. The number of hydrogen-bond acceptors (Lipinski definition) is 4. The van der Waals surface area contributed by atoms with Crippen LogP contribution in [-0.2, 0) is 26.7 Å². The second-order valence-corrected chi connectivity index (χ2v) is 9.55. The highest BCUT2D eigenvalue weighted by Gasteiger charge is 2.23. The fourth-order valence-electron chi connectivity index (χ4n) is 2.96. The standard InChI is InChI=1S/C21H28Cl2NO3P/c1-3-26-28(25,27-4-2)15-5-14-24(16-18-6-10-20(22)11-7-18)17-19-8-12-21(23)13-9-19/h6-13H,3-5,14-17H2,1-2H3. The molecule has 0 bridgehead atoms. The number of benzene rings is 2. The molecule has 0 spiro atoms. The zero-order chi connectivity index (χ0) is 20.4. The molecule has 2 aromatic carbocycles. The van der Waals surface area contributed by atoms with E-state index in [0.29, 0.717) is 19.4 Å². The Kier molecular flexibility index (Phi) is 10.0. The van der Waals surface area contributed by atoms with E-state index in [-0.39, 0.29) is 0 Å². The summed E-state index contributed by atoms with van der Waals surface area (Å²) in [6, 6.07) is 15.7. The second kappa shape index (κ2) is 12.0. The van der Waals surface area contributed by atoms with Crippen LogP contribution in [0.2, 0.25) is 10.0 Å². The Bertz CT molecular complexity index is 696. The quantitative estimate of drug-likeness (QED) is 0.344. The predicted molar refractivity (Wildman–Crippen MR) is 117 cm³/mol. The highest BCUT2D eigenvalue weighted by atomic mass is 35.5. The summed E-state index contributed by atoms with van der Waals surface area (Å²) < 4.78 is 23.5. The molecule has 154 valence electrons. The Morgan fingerprint density at radius 1 is 0.821 bits per heavy atom. The first-order valence-corrected chi connectivity index (χ1v) is 12.0. The third-order valence-corrected chi connectivity index (χ3v) is 6.87. The van der Waals surface area contributed by atoms with Gasteiger partial charge in [0, 0.05) is 23.1 Å². The van der Waals surface area contributed by atoms with Crippen molar-refractivity contribution in [3.63, 3.8) is 0 Å². The van der Waals surface area contributed by atoms with Gasteiger partial charge in [0.2, 0.25) is 0 Å². The summed E-state index contributed by atoms with van der Waals surface area (Å²) in [6.45, 7) is 6.75. The molecule has 0 unspecified atom stereocenters. The molecule has 0 radical (unpaired) electrons. The average molecular weight is 444 g/mol. The smallest absolute Gasteiger partial charge is 0.309 e. The van der Waals surface area contributed by atoms with Gasteiger partial charge < -0.3 is 9.05 Å². The molecule has 0 saturated heterocycles. The van der Waals surface area contributed by atoms with Crippen molar-refractivity contribution in [3.05, 3.63) is 69.7 Å². The first-order valence-electron chi connectivity index (χ1n) is 9.53. The van der Waals surface area contributed by atoms with Gasteiger partial charge in [-0.1, -0.05) is 47.5 Å². The Morgan fingerprint density at radius 3 is 1.64 bits per heavy atom. The molecular formula is C21H28Cl2NO3P. The van der Waals surface area contributed by atoms with Gasteiger partial charge >= 0.3 is 7.60 Å². The molecule has 2 rings (SSSR count). The topological polar surface area (TPSA) is 38.8 Å². The van der Waals surface area contributed by atoms with Crippen molar-refractivity contribution in [1.29, 1.82) is 0 Å². The van der Waals surface area contributed by atoms with Crippen LogP contribution < -0.4 is 0 Å². The van der Waals surface area contributed by atoms with Crippen LogP contribution in [0.4, 0.5) is 0 Å². The van der Waals surface area contributed by atoms with E-state index in [9.17, 15) is 4.57 Å². The lowest BCUT2D eigenvalue weighted by Crippen LogP contribution is -2.25. The van der Waals surface area contributed by atoms with Crippen molar-refractivity contribution in [1.82, 2.24) is 4.90 Å². The zero-order valence-corrected chi connectivity index (χ0v) is 18.8. The van der Waals surface area contributed by atoms with E-state index < -0.39 is 7.60 Å². The number of rotatable bonds is 12. The highest BCUT2D eigenvalue weighted by Crippen LogP contribution is 2.48. The van der Waals surface area contributed by atoms with Crippen molar-refractivity contribution in [2.75, 3.05) is 25.9 Å². The van der Waals surface area contributed by atoms with E-state index in [1.54, 1.807) is 0 Å². The third-order valence-electron chi connectivity index (χ3n) is 4.20. The number of halogens is 2. The lowest BCUT2D eigenvalue weighted by Gasteiger charge is -2.24. The summed E-state index contributed by atoms with van der Waals surface area (Å²) >= 11 is 12.0. The molecule has 2 aromatic rings. The Hall–Kier alpha value is -0.870. The van der Waals surface area contributed by atoms with E-state index in [1.807, 2.05) is 62.4 Å². The lowest BCUT2D eigenvalue weighted by atomic mass is 10.1. The first-order chi connectivity index (χ1) is 13.4. The summed E-state index contributed by atoms with van der Waals surface area (Å²) in [7, 11) is -3.02. The third kappa shape index (κ3) is 8.24. The van der Waals surface area contributed by atoms with E-state index >= 15 is 0 Å². The van der Waals surface area contributed by atoms with E-state index in [1.165, 1.54) is 11.1 Å². The van der Waals surface area contributed by atoms with Crippen molar-refractivity contribution < 1.29 is 13.6 Å². The van der Waals surface area contributed by atoms with Crippen LogP contribution >= 0.6 is 30.8 Å². The van der Waals surface area contributed by atoms with Crippen LogP contribution in [0.5, 0.6) is 0 Å². The minimum Gasteiger partial charge on any atom is -0.309 e. The molecule has 0 aliphatic carbocycles. The molecule has 0 atom stereocenters. The highest BCUT2D eigenvalue weighted by molar-refractivity contribution is 7.53. The Labute approximate surface area is 178 Å². The van der Waals surface area contributed by atoms with Crippen molar-refractivity contribution >= 4 is 30.8 Å². The van der Waals surface area contributed by atoms with Crippen molar-refractivity contribution in [3.8, 4) is 0 Å². The normalized spacial score (nSPS) is 11.9. The van der Waals surface area contributed by atoms with Gasteiger partial charge in [-0.3, -0.25) is 9.46 Å². The van der Waals surface area contributed by atoms with Crippen LogP contribution in [0.15, 0.2) is 48.5 Å². The summed E-state index contributed by atoms with van der Waals surface area (Å²) in [6.07, 6.45) is 1.13. The zero-order valence-electron chi connectivity index (χ0n) is 16.4. The molecular weight excluding hydrogens is 416 g/mol. The Morgan fingerprint density at radius 2 is 1.25 bits per heavy atom. The van der Waals surface area contributed by atoms with Crippen LogP contribution in [0.25, 0.3) is 0 Å². The van der Waals surface area contributed by atoms with Crippen LogP contribution in [0.1, 0.15) is 31.4 Å². The SMILES string of the molecule is CCOP(=O)(CCCN(Cc1ccc(Cl)cc1)Cc1ccc(Cl)cc1)OCC. The molecule has 0 fully saturated rings. The van der Waals surface area contributed by atoms with Crippen LogP contribution in [-0.4, -0.2) is 30.8 Å². The number of nitrogens with zero attached hydrogens (tertiary/aromatic N) is 1. The summed E-state index contributed by atoms with van der Waals surface area (Å²) in [5.74, 6) is 0. The molecule has 28 heavy (non-hydrogen) atoms. The fraction of sp³-hybridized carbons (Fsp3) is 0.429. The maximum Gasteiger partial charge on any atom is 0.330 e. The molecule has 0 aliphatic heterocycles. The van der Waals surface area contributed by atoms with Gasteiger partial charge in [0.1, 0.15) is 0 Å². The second-order valence-electron chi connectivity index (χ2n) is 6.49. The molecule has 0 saturated carbocycles. The van der Waals surface area contributed by atoms with Crippen molar-refractivity contribution in [2.24, 2.45) is 0 Å². The van der Waals surface area contributed by atoms with Gasteiger partial charge in [-0.15, -0.1) is 0 Å². The Balaban J connectivity index is 2.03. The lowest BCUT2D eigenvalue weighted by molar-refractivity contribution is 0.214. The molecule has 0 heterocycles.